The molecule has 3 aromatic rings. The van der Waals surface area contributed by atoms with Crippen molar-refractivity contribution in [1.29, 1.82) is 0 Å². The van der Waals surface area contributed by atoms with E-state index in [2.05, 4.69) is 5.32 Å². The molecule has 168 valence electrons. The van der Waals surface area contributed by atoms with E-state index in [1.54, 1.807) is 16.2 Å². The van der Waals surface area contributed by atoms with E-state index in [1.807, 2.05) is 68.6 Å². The molecule has 5 nitrogen and oxygen atoms in total. The maximum Gasteiger partial charge on any atom is 0.251 e. The van der Waals surface area contributed by atoms with Gasteiger partial charge in [-0.15, -0.1) is 11.3 Å². The van der Waals surface area contributed by atoms with Crippen LogP contribution in [0.2, 0.25) is 0 Å². The average molecular weight is 451 g/mol. The van der Waals surface area contributed by atoms with E-state index in [0.717, 1.165) is 47.4 Å². The number of nitrogens with zero attached hydrogens (tertiary/aromatic N) is 1. The molecule has 2 aromatic heterocycles. The van der Waals surface area contributed by atoms with Crippen LogP contribution in [0.3, 0.4) is 0 Å². The first kappa shape index (κ1) is 22.3. The Balaban J connectivity index is 1.78. The summed E-state index contributed by atoms with van der Waals surface area (Å²) in [5, 5.41) is 5.16. The molecule has 1 aliphatic rings. The van der Waals surface area contributed by atoms with Crippen LogP contribution in [0.25, 0.3) is 0 Å². The Morgan fingerprint density at radius 2 is 1.91 bits per heavy atom. The normalized spacial score (nSPS) is 15.0. The number of hydrogen-bond donors (Lipinski definition) is 1. The van der Waals surface area contributed by atoms with Crippen molar-refractivity contribution in [2.24, 2.45) is 0 Å². The minimum Gasteiger partial charge on any atom is -0.464 e. The minimum absolute atomic E-state index is 0.123. The van der Waals surface area contributed by atoms with Gasteiger partial charge >= 0.3 is 0 Å². The van der Waals surface area contributed by atoms with Crippen LogP contribution in [-0.4, -0.2) is 17.9 Å². The highest BCUT2D eigenvalue weighted by Gasteiger charge is 2.37. The molecule has 32 heavy (non-hydrogen) atoms. The molecule has 0 radical (unpaired) electrons. The largest absolute Gasteiger partial charge is 0.464 e. The van der Waals surface area contributed by atoms with Gasteiger partial charge in [-0.05, 0) is 74.4 Å². The number of thiophene rings is 1. The van der Waals surface area contributed by atoms with Gasteiger partial charge in [0.05, 0.1) is 6.42 Å². The van der Waals surface area contributed by atoms with Crippen molar-refractivity contribution in [1.82, 2.24) is 5.32 Å². The summed E-state index contributed by atoms with van der Waals surface area (Å²) >= 11 is 1.55. The zero-order chi connectivity index (χ0) is 22.7. The third kappa shape index (κ3) is 4.96. The second-order valence-corrected chi connectivity index (χ2v) is 9.68. The molecule has 0 aliphatic heterocycles. The predicted molar refractivity (Wildman–Crippen MR) is 128 cm³/mol. The van der Waals surface area contributed by atoms with E-state index < -0.39 is 6.04 Å². The molecular weight excluding hydrogens is 420 g/mol. The molecule has 1 saturated carbocycles. The quantitative estimate of drug-likeness (QED) is 0.506. The van der Waals surface area contributed by atoms with Gasteiger partial charge in [0.1, 0.15) is 11.5 Å². The number of hydrogen-bond acceptors (Lipinski definition) is 4. The summed E-state index contributed by atoms with van der Waals surface area (Å²) in [6.45, 7) is 5.82. The van der Waals surface area contributed by atoms with Gasteiger partial charge in [0.25, 0.3) is 5.91 Å². The van der Waals surface area contributed by atoms with Crippen LogP contribution in [-0.2, 0) is 16.0 Å². The van der Waals surface area contributed by atoms with E-state index in [1.165, 1.54) is 0 Å². The molecule has 1 N–H and O–H groups in total. The number of carbonyl (C=O) groups excluding carboxylic acids is 2. The number of furan rings is 1. The Morgan fingerprint density at radius 1 is 1.12 bits per heavy atom. The van der Waals surface area contributed by atoms with Crippen molar-refractivity contribution in [3.63, 3.8) is 0 Å². The second-order valence-electron chi connectivity index (χ2n) is 8.65. The summed E-state index contributed by atoms with van der Waals surface area (Å²) in [6.07, 6.45) is 4.42. The van der Waals surface area contributed by atoms with E-state index in [4.69, 9.17) is 4.42 Å². The molecular formula is C26H30N2O3S. The van der Waals surface area contributed by atoms with Gasteiger partial charge in [0.2, 0.25) is 5.91 Å². The maximum absolute atomic E-state index is 13.7. The molecule has 4 rings (SSSR count). The Kier molecular flexibility index (Phi) is 6.80. The Morgan fingerprint density at radius 3 is 2.56 bits per heavy atom. The molecule has 0 unspecified atom stereocenters. The third-order valence-corrected chi connectivity index (χ3v) is 6.91. The monoisotopic (exact) mass is 450 g/mol. The summed E-state index contributed by atoms with van der Waals surface area (Å²) in [7, 11) is 0. The molecule has 1 fully saturated rings. The van der Waals surface area contributed by atoms with Crippen LogP contribution >= 0.6 is 11.3 Å². The van der Waals surface area contributed by atoms with Gasteiger partial charge in [0, 0.05) is 16.6 Å². The van der Waals surface area contributed by atoms with Crippen molar-refractivity contribution in [2.45, 2.75) is 65.0 Å². The van der Waals surface area contributed by atoms with Crippen molar-refractivity contribution in [2.75, 3.05) is 4.90 Å². The number of amides is 2. The van der Waals surface area contributed by atoms with Crippen molar-refractivity contribution < 1.29 is 14.0 Å². The van der Waals surface area contributed by atoms with Gasteiger partial charge < -0.3 is 9.73 Å². The first-order chi connectivity index (χ1) is 15.4. The smallest absolute Gasteiger partial charge is 0.251 e. The lowest BCUT2D eigenvalue weighted by Crippen LogP contribution is -2.47. The molecule has 1 aliphatic carbocycles. The highest BCUT2D eigenvalue weighted by atomic mass is 32.1. The van der Waals surface area contributed by atoms with Crippen molar-refractivity contribution in [3.05, 3.63) is 75.4 Å². The summed E-state index contributed by atoms with van der Waals surface area (Å²) in [6, 6.07) is 12.8. The van der Waals surface area contributed by atoms with Gasteiger partial charge in [-0.2, -0.15) is 0 Å². The molecule has 0 bridgehead atoms. The molecule has 1 aromatic carbocycles. The number of carbonyl (C=O) groups is 2. The maximum atomic E-state index is 13.7. The van der Waals surface area contributed by atoms with E-state index in [-0.39, 0.29) is 24.3 Å². The fourth-order valence-corrected chi connectivity index (χ4v) is 5.06. The number of aryl methyl sites for hydroxylation is 3. The van der Waals surface area contributed by atoms with E-state index in [9.17, 15) is 9.59 Å². The lowest BCUT2D eigenvalue weighted by atomic mass is 10.0. The molecule has 2 heterocycles. The van der Waals surface area contributed by atoms with Crippen molar-refractivity contribution in [3.8, 4) is 0 Å². The number of rotatable bonds is 7. The van der Waals surface area contributed by atoms with Gasteiger partial charge in [-0.25, -0.2) is 0 Å². The first-order valence-corrected chi connectivity index (χ1v) is 12.1. The molecule has 0 saturated heterocycles. The lowest BCUT2D eigenvalue weighted by molar-refractivity contribution is -0.127. The third-order valence-electron chi connectivity index (χ3n) is 6.04. The lowest BCUT2D eigenvalue weighted by Gasteiger charge is -2.32. The zero-order valence-electron chi connectivity index (χ0n) is 18.9. The first-order valence-electron chi connectivity index (χ1n) is 11.2. The van der Waals surface area contributed by atoms with Crippen LogP contribution in [0.4, 0.5) is 5.69 Å². The summed E-state index contributed by atoms with van der Waals surface area (Å²) in [5.41, 5.74) is 2.72. The Bertz CT molecular complexity index is 1080. The number of benzene rings is 1. The Labute approximate surface area is 193 Å². The van der Waals surface area contributed by atoms with Gasteiger partial charge in [-0.1, -0.05) is 31.0 Å². The van der Waals surface area contributed by atoms with E-state index in [0.29, 0.717) is 11.5 Å². The predicted octanol–water partition coefficient (Wildman–Crippen LogP) is 5.64. The van der Waals surface area contributed by atoms with Crippen LogP contribution in [0, 0.1) is 20.8 Å². The van der Waals surface area contributed by atoms with Crippen LogP contribution in [0.15, 0.2) is 52.3 Å². The summed E-state index contributed by atoms with van der Waals surface area (Å²) in [5.74, 6) is 0.886. The fourth-order valence-electron chi connectivity index (χ4n) is 4.37. The second kappa shape index (κ2) is 9.74. The standard InChI is InChI=1S/C26H30N2O3S/c1-17-10-11-18(2)22(15-17)28(24(29)16-21-9-6-14-32-21)25(23-13-12-19(3)31-23)26(30)27-20-7-4-5-8-20/h6,9-15,20,25H,4-5,7-8,16H2,1-3H3,(H,27,30)/t25-/m0/s1. The highest BCUT2D eigenvalue weighted by Crippen LogP contribution is 2.33. The van der Waals surface area contributed by atoms with Crippen LogP contribution < -0.4 is 10.2 Å². The van der Waals surface area contributed by atoms with Gasteiger partial charge in [-0.3, -0.25) is 14.5 Å². The SMILES string of the molecule is Cc1ccc(C)c(N(C(=O)Cc2cccs2)[C@H](C(=O)NC2CCCC2)c2ccc(C)o2)c1. The zero-order valence-corrected chi connectivity index (χ0v) is 19.7. The molecule has 2 amide bonds. The average Bonchev–Trinajstić information content (AvgIpc) is 3.52. The van der Waals surface area contributed by atoms with E-state index >= 15 is 0 Å². The topological polar surface area (TPSA) is 62.6 Å². The van der Waals surface area contributed by atoms with Crippen molar-refractivity contribution >= 4 is 28.8 Å². The Hall–Kier alpha value is -2.86. The van der Waals surface area contributed by atoms with Crippen LogP contribution in [0.1, 0.15) is 59.2 Å². The molecule has 6 heteroatoms. The molecule has 1 atom stereocenters. The van der Waals surface area contributed by atoms with Gasteiger partial charge in [0.15, 0.2) is 6.04 Å². The fraction of sp³-hybridized carbons (Fsp3) is 0.385. The minimum atomic E-state index is -0.864. The number of nitrogens with one attached hydrogen (secondary N) is 1. The molecule has 0 spiro atoms. The summed E-state index contributed by atoms with van der Waals surface area (Å²) in [4.78, 5) is 30.0. The highest BCUT2D eigenvalue weighted by molar-refractivity contribution is 7.10. The summed E-state index contributed by atoms with van der Waals surface area (Å²) < 4.78 is 5.94. The number of anilines is 1. The van der Waals surface area contributed by atoms with Crippen LogP contribution in [0.5, 0.6) is 0 Å².